The van der Waals surface area contributed by atoms with Crippen molar-refractivity contribution in [1.82, 2.24) is 4.98 Å². The summed E-state index contributed by atoms with van der Waals surface area (Å²) in [4.78, 5) is 17.2. The van der Waals surface area contributed by atoms with Crippen molar-refractivity contribution in [3.05, 3.63) is 101 Å². The maximum absolute atomic E-state index is 12.7. The lowest BCUT2D eigenvalue weighted by molar-refractivity contribution is 0.0441. The molecule has 5 nitrogen and oxygen atoms in total. The highest BCUT2D eigenvalue weighted by molar-refractivity contribution is 6.30. The van der Waals surface area contributed by atoms with Crippen LogP contribution in [0.5, 0.6) is 11.6 Å². The van der Waals surface area contributed by atoms with Crippen LogP contribution >= 0.6 is 11.6 Å². The monoisotopic (exact) mass is 465 g/mol. The first-order valence-electron chi connectivity index (χ1n) is 10.7. The van der Waals surface area contributed by atoms with Crippen LogP contribution in [-0.4, -0.2) is 29.8 Å². The fraction of sp³-hybridized carbons (Fsp3) is 0.259. The number of halogens is 1. The maximum atomic E-state index is 12.7. The second-order valence-corrected chi connectivity index (χ2v) is 8.51. The van der Waals surface area contributed by atoms with Gasteiger partial charge in [-0.3, -0.25) is 0 Å². The standard InChI is InChI=1S/C27H28ClNO4/c1-5-23(19-10-8-7-9-11-19)20-16-24(26(30)31-6-2)25(29-17-20)32-18-27(3,4)33-22-14-12-21(28)13-15-22/h5,7-17,23H,1,6,18H2,2-4H3/t23-/m1/s1. The predicted molar refractivity (Wildman–Crippen MR) is 130 cm³/mol. The predicted octanol–water partition coefficient (Wildman–Crippen LogP) is 6.47. The van der Waals surface area contributed by atoms with Gasteiger partial charge in [0.15, 0.2) is 0 Å². The third kappa shape index (κ3) is 6.59. The molecule has 0 aliphatic carbocycles. The van der Waals surface area contributed by atoms with Gasteiger partial charge in [-0.2, -0.15) is 0 Å². The number of hydrogen-bond acceptors (Lipinski definition) is 5. The Bertz CT molecular complexity index is 1080. The Morgan fingerprint density at radius 3 is 2.45 bits per heavy atom. The molecule has 6 heteroatoms. The summed E-state index contributed by atoms with van der Waals surface area (Å²) >= 11 is 5.94. The van der Waals surface area contributed by atoms with E-state index in [2.05, 4.69) is 11.6 Å². The van der Waals surface area contributed by atoms with Crippen LogP contribution in [0.2, 0.25) is 5.02 Å². The Balaban J connectivity index is 1.83. The molecular weight excluding hydrogens is 438 g/mol. The molecule has 0 aliphatic rings. The molecule has 0 radical (unpaired) electrons. The Kier molecular flexibility index (Phi) is 8.12. The van der Waals surface area contributed by atoms with Crippen molar-refractivity contribution in [3.8, 4) is 11.6 Å². The zero-order chi connectivity index (χ0) is 23.8. The number of carbonyl (C=O) groups excluding carboxylic acids is 1. The van der Waals surface area contributed by atoms with E-state index in [9.17, 15) is 4.79 Å². The smallest absolute Gasteiger partial charge is 0.343 e. The summed E-state index contributed by atoms with van der Waals surface area (Å²) in [7, 11) is 0. The molecule has 0 amide bonds. The van der Waals surface area contributed by atoms with E-state index in [0.717, 1.165) is 11.1 Å². The number of hydrogen-bond donors (Lipinski definition) is 0. The highest BCUT2D eigenvalue weighted by atomic mass is 35.5. The van der Waals surface area contributed by atoms with E-state index in [1.807, 2.05) is 50.3 Å². The Labute approximate surface area is 200 Å². The average Bonchev–Trinajstić information content (AvgIpc) is 2.81. The minimum Gasteiger partial charge on any atom is -0.484 e. The van der Waals surface area contributed by atoms with E-state index in [1.165, 1.54) is 0 Å². The zero-order valence-corrected chi connectivity index (χ0v) is 19.8. The third-order valence-corrected chi connectivity index (χ3v) is 5.14. The van der Waals surface area contributed by atoms with Gasteiger partial charge < -0.3 is 14.2 Å². The number of allylic oxidation sites excluding steroid dienone is 1. The molecule has 0 saturated carbocycles. The minimum atomic E-state index is -0.687. The van der Waals surface area contributed by atoms with Crippen molar-refractivity contribution in [1.29, 1.82) is 0 Å². The molecule has 33 heavy (non-hydrogen) atoms. The maximum Gasteiger partial charge on any atom is 0.343 e. The van der Waals surface area contributed by atoms with Crippen LogP contribution in [0.4, 0.5) is 0 Å². The van der Waals surface area contributed by atoms with E-state index in [4.69, 9.17) is 25.8 Å². The molecule has 0 saturated heterocycles. The second-order valence-electron chi connectivity index (χ2n) is 8.07. The molecule has 1 atom stereocenters. The van der Waals surface area contributed by atoms with Crippen LogP contribution in [0.15, 0.2) is 79.5 Å². The molecule has 0 spiro atoms. The summed E-state index contributed by atoms with van der Waals surface area (Å²) in [6, 6.07) is 18.8. The molecule has 3 aromatic rings. The van der Waals surface area contributed by atoms with Crippen molar-refractivity contribution in [2.45, 2.75) is 32.3 Å². The number of ether oxygens (including phenoxy) is 3. The van der Waals surface area contributed by atoms with Gasteiger partial charge in [0.2, 0.25) is 5.88 Å². The van der Waals surface area contributed by atoms with Gasteiger partial charge in [0.1, 0.15) is 23.5 Å². The van der Waals surface area contributed by atoms with Crippen molar-refractivity contribution >= 4 is 17.6 Å². The summed E-state index contributed by atoms with van der Waals surface area (Å²) in [5, 5.41) is 0.633. The van der Waals surface area contributed by atoms with Crippen molar-refractivity contribution in [2.24, 2.45) is 0 Å². The van der Waals surface area contributed by atoms with Crippen LogP contribution in [0, 0.1) is 0 Å². The minimum absolute atomic E-state index is 0.120. The van der Waals surface area contributed by atoms with E-state index >= 15 is 0 Å². The van der Waals surface area contributed by atoms with Gasteiger partial charge in [0.05, 0.1) is 6.61 Å². The lowest BCUT2D eigenvalue weighted by Crippen LogP contribution is -2.36. The normalized spacial score (nSPS) is 12.0. The highest BCUT2D eigenvalue weighted by Gasteiger charge is 2.25. The number of benzene rings is 2. The van der Waals surface area contributed by atoms with Gasteiger partial charge in [0, 0.05) is 17.1 Å². The van der Waals surface area contributed by atoms with Crippen molar-refractivity contribution < 1.29 is 19.0 Å². The summed E-state index contributed by atoms with van der Waals surface area (Å²) in [5.74, 6) is 0.249. The summed E-state index contributed by atoms with van der Waals surface area (Å²) in [5.41, 5.74) is 1.45. The first-order valence-corrected chi connectivity index (χ1v) is 11.1. The van der Waals surface area contributed by atoms with Gasteiger partial charge >= 0.3 is 5.97 Å². The van der Waals surface area contributed by atoms with E-state index < -0.39 is 11.6 Å². The largest absolute Gasteiger partial charge is 0.484 e. The number of pyridine rings is 1. The van der Waals surface area contributed by atoms with Crippen LogP contribution in [0.3, 0.4) is 0 Å². The van der Waals surface area contributed by atoms with Crippen LogP contribution in [-0.2, 0) is 4.74 Å². The summed E-state index contributed by atoms with van der Waals surface area (Å²) in [6.07, 6.45) is 3.52. The zero-order valence-electron chi connectivity index (χ0n) is 19.1. The number of esters is 1. The van der Waals surface area contributed by atoms with Gasteiger partial charge in [-0.1, -0.05) is 48.0 Å². The van der Waals surface area contributed by atoms with Gasteiger partial charge in [0.25, 0.3) is 0 Å². The van der Waals surface area contributed by atoms with Crippen LogP contribution in [0.25, 0.3) is 0 Å². The molecule has 1 heterocycles. The SMILES string of the molecule is C=C[C@H](c1ccccc1)c1cnc(OCC(C)(C)Oc2ccc(Cl)cc2)c(C(=O)OCC)c1. The van der Waals surface area contributed by atoms with E-state index in [0.29, 0.717) is 10.8 Å². The molecule has 0 N–H and O–H groups in total. The first kappa shape index (κ1) is 24.3. The molecule has 172 valence electrons. The summed E-state index contributed by atoms with van der Waals surface area (Å²) < 4.78 is 17.2. The highest BCUT2D eigenvalue weighted by Crippen LogP contribution is 2.29. The molecule has 0 fully saturated rings. The Morgan fingerprint density at radius 2 is 1.82 bits per heavy atom. The molecule has 2 aromatic carbocycles. The lowest BCUT2D eigenvalue weighted by Gasteiger charge is -2.26. The first-order chi connectivity index (χ1) is 15.8. The van der Waals surface area contributed by atoms with E-state index in [-0.39, 0.29) is 30.6 Å². The van der Waals surface area contributed by atoms with Gasteiger partial charge in [-0.25, -0.2) is 9.78 Å². The Hall–Kier alpha value is -3.31. The molecule has 3 rings (SSSR count). The number of nitrogens with zero attached hydrogens (tertiary/aromatic N) is 1. The lowest BCUT2D eigenvalue weighted by atomic mass is 9.92. The number of rotatable bonds is 10. The van der Waals surface area contributed by atoms with Gasteiger partial charge in [-0.05, 0) is 62.2 Å². The number of aromatic nitrogens is 1. The molecule has 1 aromatic heterocycles. The van der Waals surface area contributed by atoms with Crippen molar-refractivity contribution in [2.75, 3.05) is 13.2 Å². The van der Waals surface area contributed by atoms with E-state index in [1.54, 1.807) is 43.5 Å². The fourth-order valence-corrected chi connectivity index (χ4v) is 3.45. The molecular formula is C27H28ClNO4. The third-order valence-electron chi connectivity index (χ3n) is 4.89. The van der Waals surface area contributed by atoms with Crippen LogP contribution in [0.1, 0.15) is 48.2 Å². The molecule has 0 aliphatic heterocycles. The molecule has 0 unspecified atom stereocenters. The Morgan fingerprint density at radius 1 is 1.12 bits per heavy atom. The molecule has 0 bridgehead atoms. The topological polar surface area (TPSA) is 57.7 Å². The quantitative estimate of drug-likeness (QED) is 0.254. The second kappa shape index (κ2) is 11.0. The number of carbonyl (C=O) groups is 1. The fourth-order valence-electron chi connectivity index (χ4n) is 3.33. The average molecular weight is 466 g/mol. The van der Waals surface area contributed by atoms with Crippen molar-refractivity contribution in [3.63, 3.8) is 0 Å². The van der Waals surface area contributed by atoms with Crippen LogP contribution < -0.4 is 9.47 Å². The van der Waals surface area contributed by atoms with Gasteiger partial charge in [-0.15, -0.1) is 6.58 Å². The summed E-state index contributed by atoms with van der Waals surface area (Å²) in [6.45, 7) is 9.92.